The molecule has 2 unspecified atom stereocenters. The fourth-order valence-electron chi connectivity index (χ4n) is 3.15. The molecule has 0 bridgehead atoms. The Hall–Kier alpha value is -0.610. The van der Waals surface area contributed by atoms with Crippen LogP contribution in [0.15, 0.2) is 0 Å². The molecule has 1 fully saturated rings. The number of carbonyl (C=O) groups is 1. The smallest absolute Gasteiger partial charge is 0.239 e. The van der Waals surface area contributed by atoms with Gasteiger partial charge in [0.1, 0.15) is 0 Å². The van der Waals surface area contributed by atoms with E-state index in [1.807, 2.05) is 4.90 Å². The maximum Gasteiger partial charge on any atom is 0.239 e. The van der Waals surface area contributed by atoms with Crippen LogP contribution in [-0.4, -0.2) is 61.0 Å². The van der Waals surface area contributed by atoms with Crippen LogP contribution in [0.25, 0.3) is 0 Å². The molecule has 0 aromatic carbocycles. The Labute approximate surface area is 131 Å². The summed E-state index contributed by atoms with van der Waals surface area (Å²) in [6.45, 7) is 16.6. The van der Waals surface area contributed by atoms with Crippen LogP contribution in [-0.2, 0) is 4.79 Å². The Morgan fingerprint density at radius 3 is 2.52 bits per heavy atom. The first-order chi connectivity index (χ1) is 9.99. The highest BCUT2D eigenvalue weighted by Crippen LogP contribution is 2.19. The van der Waals surface area contributed by atoms with Crippen LogP contribution in [0.2, 0.25) is 0 Å². The molecule has 0 saturated carbocycles. The summed E-state index contributed by atoms with van der Waals surface area (Å²) in [5, 5.41) is 3.57. The number of hydrogen-bond acceptors (Lipinski definition) is 3. The van der Waals surface area contributed by atoms with Crippen molar-refractivity contribution in [2.24, 2.45) is 11.8 Å². The van der Waals surface area contributed by atoms with Gasteiger partial charge in [-0.1, -0.05) is 13.8 Å². The molecule has 124 valence electrons. The van der Waals surface area contributed by atoms with E-state index in [4.69, 9.17) is 0 Å². The van der Waals surface area contributed by atoms with Gasteiger partial charge in [-0.3, -0.25) is 9.69 Å². The lowest BCUT2D eigenvalue weighted by Crippen LogP contribution is -2.51. The monoisotopic (exact) mass is 297 g/mol. The number of amides is 1. The van der Waals surface area contributed by atoms with Gasteiger partial charge in [0.05, 0.1) is 6.04 Å². The molecule has 0 radical (unpaired) electrons. The van der Waals surface area contributed by atoms with Gasteiger partial charge in [0, 0.05) is 19.6 Å². The average molecular weight is 297 g/mol. The standard InChI is InChI=1S/C17H35N3O/c1-6-19(7-2)17(21)15(5)20-10-8-9-16(13-20)12-18-11-14(3)4/h14-16,18H,6-13H2,1-5H3. The lowest BCUT2D eigenvalue weighted by Gasteiger charge is -2.38. The maximum atomic E-state index is 12.5. The highest BCUT2D eigenvalue weighted by molar-refractivity contribution is 5.81. The van der Waals surface area contributed by atoms with E-state index in [1.54, 1.807) is 0 Å². The first-order valence-corrected chi connectivity index (χ1v) is 8.73. The summed E-state index contributed by atoms with van der Waals surface area (Å²) in [5.74, 6) is 1.67. The fraction of sp³-hybridized carbons (Fsp3) is 0.941. The largest absolute Gasteiger partial charge is 0.342 e. The van der Waals surface area contributed by atoms with Gasteiger partial charge < -0.3 is 10.2 Å². The molecule has 2 atom stereocenters. The Morgan fingerprint density at radius 1 is 1.29 bits per heavy atom. The number of hydrogen-bond donors (Lipinski definition) is 1. The number of carbonyl (C=O) groups excluding carboxylic acids is 1. The number of nitrogens with zero attached hydrogens (tertiary/aromatic N) is 2. The Bertz CT molecular complexity index is 302. The van der Waals surface area contributed by atoms with Crippen molar-refractivity contribution < 1.29 is 4.79 Å². The summed E-state index contributed by atoms with van der Waals surface area (Å²) < 4.78 is 0. The van der Waals surface area contributed by atoms with Crippen molar-refractivity contribution in [3.8, 4) is 0 Å². The van der Waals surface area contributed by atoms with Gasteiger partial charge >= 0.3 is 0 Å². The Balaban J connectivity index is 2.45. The SMILES string of the molecule is CCN(CC)C(=O)C(C)N1CCCC(CNCC(C)C)C1. The first kappa shape index (κ1) is 18.4. The highest BCUT2D eigenvalue weighted by Gasteiger charge is 2.29. The third-order valence-corrected chi connectivity index (χ3v) is 4.52. The molecule has 0 spiro atoms. The third kappa shape index (κ3) is 5.95. The molecule has 1 aliphatic heterocycles. The van der Waals surface area contributed by atoms with Crippen molar-refractivity contribution in [3.63, 3.8) is 0 Å². The molecular weight excluding hydrogens is 262 g/mol. The van der Waals surface area contributed by atoms with Gasteiger partial charge in [-0.05, 0) is 65.1 Å². The summed E-state index contributed by atoms with van der Waals surface area (Å²) in [6.07, 6.45) is 2.50. The fourth-order valence-corrected chi connectivity index (χ4v) is 3.15. The summed E-state index contributed by atoms with van der Waals surface area (Å²) >= 11 is 0. The average Bonchev–Trinajstić information content (AvgIpc) is 2.47. The van der Waals surface area contributed by atoms with Crippen LogP contribution >= 0.6 is 0 Å². The molecule has 1 N–H and O–H groups in total. The van der Waals surface area contributed by atoms with Gasteiger partial charge in [-0.2, -0.15) is 0 Å². The van der Waals surface area contributed by atoms with Crippen molar-refractivity contribution >= 4 is 5.91 Å². The van der Waals surface area contributed by atoms with E-state index >= 15 is 0 Å². The first-order valence-electron chi connectivity index (χ1n) is 8.73. The molecule has 0 aromatic rings. The molecule has 4 nitrogen and oxygen atoms in total. The van der Waals surface area contributed by atoms with Crippen LogP contribution < -0.4 is 5.32 Å². The minimum Gasteiger partial charge on any atom is -0.342 e. The normalized spacial score (nSPS) is 21.5. The molecular formula is C17H35N3O. The number of rotatable bonds is 8. The molecule has 1 aliphatic rings. The lowest BCUT2D eigenvalue weighted by atomic mass is 9.96. The molecule has 1 heterocycles. The summed E-state index contributed by atoms with van der Waals surface area (Å²) in [4.78, 5) is 16.8. The highest BCUT2D eigenvalue weighted by atomic mass is 16.2. The van der Waals surface area contributed by atoms with Crippen LogP contribution in [0, 0.1) is 11.8 Å². The van der Waals surface area contributed by atoms with E-state index in [0.29, 0.717) is 11.8 Å². The molecule has 1 saturated heterocycles. The molecule has 0 aliphatic carbocycles. The lowest BCUT2D eigenvalue weighted by molar-refractivity contribution is -0.136. The van der Waals surface area contributed by atoms with Crippen molar-refractivity contribution in [2.45, 2.75) is 53.5 Å². The summed E-state index contributed by atoms with van der Waals surface area (Å²) in [5.41, 5.74) is 0. The number of likely N-dealkylation sites (tertiary alicyclic amines) is 1. The van der Waals surface area contributed by atoms with E-state index in [-0.39, 0.29) is 11.9 Å². The van der Waals surface area contributed by atoms with Crippen LogP contribution in [0.5, 0.6) is 0 Å². The summed E-state index contributed by atoms with van der Waals surface area (Å²) in [6, 6.07) is 0.0257. The zero-order chi connectivity index (χ0) is 15.8. The molecule has 21 heavy (non-hydrogen) atoms. The quantitative estimate of drug-likeness (QED) is 0.746. The molecule has 0 aromatic heterocycles. The zero-order valence-electron chi connectivity index (χ0n) is 14.7. The number of nitrogens with one attached hydrogen (secondary N) is 1. The van der Waals surface area contributed by atoms with Gasteiger partial charge in [0.25, 0.3) is 0 Å². The van der Waals surface area contributed by atoms with Crippen molar-refractivity contribution in [3.05, 3.63) is 0 Å². The van der Waals surface area contributed by atoms with Gasteiger partial charge in [-0.25, -0.2) is 0 Å². The second kappa shape index (κ2) is 9.42. The van der Waals surface area contributed by atoms with Crippen molar-refractivity contribution in [1.29, 1.82) is 0 Å². The van der Waals surface area contributed by atoms with E-state index in [2.05, 4.69) is 44.8 Å². The van der Waals surface area contributed by atoms with Gasteiger partial charge in [0.15, 0.2) is 0 Å². The van der Waals surface area contributed by atoms with Crippen LogP contribution in [0.1, 0.15) is 47.5 Å². The van der Waals surface area contributed by atoms with Crippen molar-refractivity contribution in [2.75, 3.05) is 39.3 Å². The van der Waals surface area contributed by atoms with Crippen LogP contribution in [0.4, 0.5) is 0 Å². The molecule has 1 amide bonds. The van der Waals surface area contributed by atoms with E-state index < -0.39 is 0 Å². The maximum absolute atomic E-state index is 12.5. The predicted molar refractivity (Wildman–Crippen MR) is 89.4 cm³/mol. The number of likely N-dealkylation sites (N-methyl/N-ethyl adjacent to an activating group) is 1. The Morgan fingerprint density at radius 2 is 1.95 bits per heavy atom. The topological polar surface area (TPSA) is 35.6 Å². The van der Waals surface area contributed by atoms with Crippen molar-refractivity contribution in [1.82, 2.24) is 15.1 Å². The third-order valence-electron chi connectivity index (χ3n) is 4.52. The Kier molecular flexibility index (Phi) is 8.27. The van der Waals surface area contributed by atoms with Gasteiger partial charge in [-0.15, -0.1) is 0 Å². The minimum absolute atomic E-state index is 0.0257. The van der Waals surface area contributed by atoms with E-state index in [9.17, 15) is 4.79 Å². The van der Waals surface area contributed by atoms with E-state index in [1.165, 1.54) is 12.8 Å². The number of piperidine rings is 1. The minimum atomic E-state index is 0.0257. The predicted octanol–water partition coefficient (Wildman–Crippen LogP) is 2.20. The molecule has 1 rings (SSSR count). The second-order valence-electron chi connectivity index (χ2n) is 6.74. The van der Waals surface area contributed by atoms with Gasteiger partial charge in [0.2, 0.25) is 5.91 Å². The summed E-state index contributed by atoms with van der Waals surface area (Å²) in [7, 11) is 0. The zero-order valence-corrected chi connectivity index (χ0v) is 14.7. The molecule has 4 heteroatoms. The second-order valence-corrected chi connectivity index (χ2v) is 6.74. The van der Waals surface area contributed by atoms with E-state index in [0.717, 1.165) is 39.3 Å². The van der Waals surface area contributed by atoms with Crippen LogP contribution in [0.3, 0.4) is 0 Å².